The van der Waals surface area contributed by atoms with Crippen LogP contribution in [0.1, 0.15) is 69.7 Å². The fourth-order valence-electron chi connectivity index (χ4n) is 8.82. The van der Waals surface area contributed by atoms with Crippen molar-refractivity contribution < 1.29 is 66.5 Å². The van der Waals surface area contributed by atoms with Gasteiger partial charge < -0.3 is 52.2 Å². The number of benzene rings is 6. The second-order valence-corrected chi connectivity index (χ2v) is 19.7. The van der Waals surface area contributed by atoms with Crippen molar-refractivity contribution in [3.63, 3.8) is 0 Å². The molecule has 0 amide bonds. The molecule has 2 saturated heterocycles. The second-order valence-electron chi connectivity index (χ2n) is 18.3. The Labute approximate surface area is 448 Å². The molecule has 0 N–H and O–H groups in total. The molecular weight excluding hydrogens is 989 g/mol. The third kappa shape index (κ3) is 16.2. The molecule has 0 radical (unpaired) electrons. The fraction of sp³-hybridized carbons (Fsp3) is 0.344. The lowest BCUT2D eigenvalue weighted by atomic mass is 9.96. The largest absolute Gasteiger partial charge is 0.459 e. The number of hydrogen-bond donors (Lipinski definition) is 0. The molecule has 10 atom stereocenters. The van der Waals surface area contributed by atoms with Crippen LogP contribution in [0.15, 0.2) is 182 Å². The molecule has 15 heteroatoms. The van der Waals surface area contributed by atoms with Crippen LogP contribution in [-0.2, 0) is 83.4 Å². The smallest absolute Gasteiger partial charge is 0.338 e. The molecule has 2 aliphatic rings. The van der Waals surface area contributed by atoms with Gasteiger partial charge in [-0.1, -0.05) is 165 Å². The lowest BCUT2D eigenvalue weighted by Crippen LogP contribution is -2.66. The monoisotopic (exact) mass is 1050 g/mol. The summed E-state index contributed by atoms with van der Waals surface area (Å²) >= 11 is 1.30. The van der Waals surface area contributed by atoms with Crippen molar-refractivity contribution in [1.82, 2.24) is 0 Å². The first-order chi connectivity index (χ1) is 37.2. The number of ether oxygens (including phenoxy) is 10. The number of thioether (sulfide) groups is 1. The zero-order chi connectivity index (χ0) is 52.9. The van der Waals surface area contributed by atoms with Gasteiger partial charge in [-0.25, -0.2) is 9.59 Å². The Bertz CT molecular complexity index is 2690. The van der Waals surface area contributed by atoms with E-state index in [1.54, 1.807) is 60.7 Å². The highest BCUT2D eigenvalue weighted by atomic mass is 32.2. The van der Waals surface area contributed by atoms with E-state index in [-0.39, 0.29) is 57.2 Å². The third-order valence-corrected chi connectivity index (χ3v) is 13.7. The van der Waals surface area contributed by atoms with E-state index < -0.39 is 85.1 Å². The molecule has 0 spiro atoms. The van der Waals surface area contributed by atoms with Gasteiger partial charge in [-0.15, -0.1) is 11.8 Å². The Kier molecular flexibility index (Phi) is 21.3. The van der Waals surface area contributed by atoms with E-state index in [2.05, 4.69) is 0 Å². The van der Waals surface area contributed by atoms with E-state index in [4.69, 9.17) is 47.4 Å². The van der Waals surface area contributed by atoms with Gasteiger partial charge in [0.25, 0.3) is 0 Å². The van der Waals surface area contributed by atoms with Crippen LogP contribution in [0, 0.1) is 0 Å². The van der Waals surface area contributed by atoms with E-state index in [0.29, 0.717) is 11.3 Å². The highest BCUT2D eigenvalue weighted by Crippen LogP contribution is 2.39. The van der Waals surface area contributed by atoms with E-state index >= 15 is 0 Å². The minimum absolute atomic E-state index is 0.00210. The van der Waals surface area contributed by atoms with E-state index in [1.807, 2.05) is 128 Å². The summed E-state index contributed by atoms with van der Waals surface area (Å²) in [5, 5.41) is 0. The summed E-state index contributed by atoms with van der Waals surface area (Å²) in [5.41, 5.74) is 3.10. The summed E-state index contributed by atoms with van der Waals surface area (Å²) in [6.45, 7) is 3.54. The molecule has 6 aromatic carbocycles. The minimum Gasteiger partial charge on any atom is -0.459 e. The van der Waals surface area contributed by atoms with Crippen LogP contribution in [0.5, 0.6) is 0 Å². The molecule has 6 aromatic rings. The Morgan fingerprint density at radius 1 is 0.461 bits per heavy atom. The first-order valence-electron chi connectivity index (χ1n) is 25.6. The predicted octanol–water partition coefficient (Wildman–Crippen LogP) is 9.91. The van der Waals surface area contributed by atoms with Crippen molar-refractivity contribution in [2.24, 2.45) is 0 Å². The molecule has 398 valence electrons. The quantitative estimate of drug-likeness (QED) is 0.0373. The van der Waals surface area contributed by atoms with E-state index in [0.717, 1.165) is 22.3 Å². The maximum atomic E-state index is 14.4. The number of esters is 3. The molecular formula is C61H64O14S. The van der Waals surface area contributed by atoms with Crippen LogP contribution >= 0.6 is 11.8 Å². The van der Waals surface area contributed by atoms with Crippen molar-refractivity contribution in [2.75, 3.05) is 19.0 Å². The summed E-state index contributed by atoms with van der Waals surface area (Å²) in [4.78, 5) is 54.1. The first kappa shape index (κ1) is 55.7. The zero-order valence-corrected chi connectivity index (χ0v) is 43.4. The number of hydrogen-bond acceptors (Lipinski definition) is 15. The molecule has 76 heavy (non-hydrogen) atoms. The van der Waals surface area contributed by atoms with Gasteiger partial charge in [0.2, 0.25) is 0 Å². The second kappa shape index (κ2) is 29.1. The highest BCUT2D eigenvalue weighted by molar-refractivity contribution is 7.99. The van der Waals surface area contributed by atoms with Crippen LogP contribution in [0.2, 0.25) is 0 Å². The molecule has 0 bridgehead atoms. The topological polar surface area (TPSA) is 161 Å². The van der Waals surface area contributed by atoms with E-state index in [9.17, 15) is 19.2 Å². The van der Waals surface area contributed by atoms with Crippen LogP contribution < -0.4 is 0 Å². The molecule has 2 fully saturated rings. The molecule has 2 aliphatic heterocycles. The van der Waals surface area contributed by atoms with Crippen LogP contribution in [0.25, 0.3) is 0 Å². The van der Waals surface area contributed by atoms with Gasteiger partial charge in [0, 0.05) is 6.42 Å². The van der Waals surface area contributed by atoms with Crippen molar-refractivity contribution in [3.8, 4) is 0 Å². The summed E-state index contributed by atoms with van der Waals surface area (Å²) in [5.74, 6) is -1.85. The van der Waals surface area contributed by atoms with Crippen molar-refractivity contribution in [3.05, 3.63) is 215 Å². The predicted molar refractivity (Wildman–Crippen MR) is 284 cm³/mol. The van der Waals surface area contributed by atoms with E-state index in [1.165, 1.54) is 18.7 Å². The maximum Gasteiger partial charge on any atom is 0.338 e. The molecule has 0 saturated carbocycles. The van der Waals surface area contributed by atoms with Gasteiger partial charge in [-0.3, -0.25) is 4.79 Å². The van der Waals surface area contributed by atoms with Crippen molar-refractivity contribution in [1.29, 1.82) is 0 Å². The van der Waals surface area contributed by atoms with Crippen LogP contribution in [-0.4, -0.2) is 103 Å². The van der Waals surface area contributed by atoms with Gasteiger partial charge in [0.15, 0.2) is 18.5 Å². The maximum absolute atomic E-state index is 14.4. The Balaban J connectivity index is 1.23. The number of ketones is 1. The molecule has 2 heterocycles. The zero-order valence-electron chi connectivity index (χ0n) is 42.6. The van der Waals surface area contributed by atoms with Crippen LogP contribution in [0.3, 0.4) is 0 Å². The summed E-state index contributed by atoms with van der Waals surface area (Å²) in [6.07, 6.45) is -10.8. The summed E-state index contributed by atoms with van der Waals surface area (Å²) in [7, 11) is 0. The molecule has 8 rings (SSSR count). The lowest BCUT2D eigenvalue weighted by molar-refractivity contribution is -0.355. The van der Waals surface area contributed by atoms with Crippen molar-refractivity contribution in [2.45, 2.75) is 114 Å². The Hall–Kier alpha value is -6.53. The van der Waals surface area contributed by atoms with Gasteiger partial charge in [-0.05, 0) is 59.2 Å². The molecule has 0 aliphatic carbocycles. The minimum atomic E-state index is -1.44. The van der Waals surface area contributed by atoms with Crippen LogP contribution in [0.4, 0.5) is 0 Å². The normalized spacial score (nSPS) is 23.2. The number of carbonyl (C=O) groups is 4. The van der Waals surface area contributed by atoms with Gasteiger partial charge in [0.1, 0.15) is 54.4 Å². The van der Waals surface area contributed by atoms with Crippen molar-refractivity contribution >= 4 is 35.5 Å². The molecule has 0 aromatic heterocycles. The molecule has 14 nitrogen and oxygen atoms in total. The number of Topliss-reactive ketones (excluding diaryl/α,β-unsaturated/α-hetero) is 1. The third-order valence-electron chi connectivity index (χ3n) is 12.6. The number of carbonyl (C=O) groups excluding carboxylic acids is 4. The average molecular weight is 1050 g/mol. The first-order valence-corrected chi connectivity index (χ1v) is 26.6. The Morgan fingerprint density at radius 2 is 0.921 bits per heavy atom. The number of rotatable bonds is 26. The standard InChI is InChI=1S/C61H64O14S/c1-3-76-61-57(73-51(63)35-34-42(2)62)55(74-59(65)48-32-20-9-21-33-48)53(50(72-61)41-70-58(64)47-30-18-8-19-31-47)75-60-56(69-39-46-28-16-7-17-29-46)54(68-38-45-26-14-6-15-27-45)52(67-37-44-24-12-5-13-25-44)49(71-60)40-66-36-43-22-10-4-11-23-43/h4-33,49-50,52-57,60-61H,3,34-41H2,1-2H3/t49-,50-,52+,53+,54+,55+,56-,57-,60-,61+/m1/s1. The average Bonchev–Trinajstić information content (AvgIpc) is 3.46. The lowest BCUT2D eigenvalue weighted by Gasteiger charge is -2.49. The van der Waals surface area contributed by atoms with Gasteiger partial charge in [0.05, 0.1) is 50.6 Å². The molecule has 0 unspecified atom stereocenters. The van der Waals surface area contributed by atoms with Gasteiger partial charge in [-0.2, -0.15) is 0 Å². The highest BCUT2D eigenvalue weighted by Gasteiger charge is 2.56. The SMILES string of the molecule is CCS[C@@H]1O[C@H](COC(=O)c2ccccc2)[C@H](O[C@H]2O[C@H](COCc3ccccc3)[C@H](OCc3ccccc3)[C@H](OCc3ccccc3)[C@H]2OCc2ccccc2)[C@H](OC(=O)c2ccccc2)[C@H]1OC(=O)CCC(C)=O. The Morgan fingerprint density at radius 3 is 1.43 bits per heavy atom. The summed E-state index contributed by atoms with van der Waals surface area (Å²) < 4.78 is 67.3. The van der Waals surface area contributed by atoms with Gasteiger partial charge >= 0.3 is 17.9 Å². The summed E-state index contributed by atoms with van der Waals surface area (Å²) in [6, 6.07) is 55.7. The fourth-order valence-corrected chi connectivity index (χ4v) is 9.77.